The number of aryl methyl sites for hydroxylation is 2. The van der Waals surface area contributed by atoms with Crippen LogP contribution >= 0.6 is 11.6 Å². The van der Waals surface area contributed by atoms with E-state index in [0.29, 0.717) is 5.92 Å². The quantitative estimate of drug-likeness (QED) is 0.567. The van der Waals surface area contributed by atoms with Gasteiger partial charge in [-0.2, -0.15) is 0 Å². The van der Waals surface area contributed by atoms with Crippen LogP contribution in [0.5, 0.6) is 5.75 Å². The zero-order valence-corrected chi connectivity index (χ0v) is 20.1. The number of anilines is 1. The summed E-state index contributed by atoms with van der Waals surface area (Å²) >= 11 is 6.51. The predicted octanol–water partition coefficient (Wildman–Crippen LogP) is 5.87. The SMILES string of the molecule is Cc1cc(C)cc(NC(=O)N(C)CC2CC(Oc3ccc(CN4CCCC4)c(Cl)c3)C2)c1. The maximum Gasteiger partial charge on any atom is 0.321 e. The number of ether oxygens (including phenoxy) is 1. The summed E-state index contributed by atoms with van der Waals surface area (Å²) in [5, 5.41) is 3.79. The third-order valence-electron chi connectivity index (χ3n) is 6.46. The first-order valence-electron chi connectivity index (χ1n) is 11.6. The molecule has 1 aliphatic heterocycles. The first-order chi connectivity index (χ1) is 15.4. The molecule has 0 atom stereocenters. The summed E-state index contributed by atoms with van der Waals surface area (Å²) < 4.78 is 6.13. The van der Waals surface area contributed by atoms with Gasteiger partial charge in [0.1, 0.15) is 5.75 Å². The van der Waals surface area contributed by atoms with Crippen LogP contribution in [0.3, 0.4) is 0 Å². The third-order valence-corrected chi connectivity index (χ3v) is 6.82. The van der Waals surface area contributed by atoms with E-state index in [0.717, 1.165) is 66.6 Å². The highest BCUT2D eigenvalue weighted by atomic mass is 35.5. The first kappa shape index (κ1) is 22.9. The van der Waals surface area contributed by atoms with Gasteiger partial charge in [0.25, 0.3) is 0 Å². The Morgan fingerprint density at radius 3 is 2.47 bits per heavy atom. The second-order valence-electron chi connectivity index (χ2n) is 9.50. The van der Waals surface area contributed by atoms with Crippen molar-refractivity contribution >= 4 is 23.3 Å². The van der Waals surface area contributed by atoms with E-state index in [1.54, 1.807) is 4.90 Å². The fraction of sp³-hybridized carbons (Fsp3) is 0.500. The predicted molar refractivity (Wildman–Crippen MR) is 131 cm³/mol. The van der Waals surface area contributed by atoms with Crippen molar-refractivity contribution in [3.05, 3.63) is 58.1 Å². The number of carbonyl (C=O) groups excluding carboxylic acids is 1. The van der Waals surface area contributed by atoms with Gasteiger partial charge in [0.2, 0.25) is 0 Å². The molecule has 2 aromatic carbocycles. The molecule has 2 aliphatic rings. The number of nitrogens with one attached hydrogen (secondary N) is 1. The highest BCUT2D eigenvalue weighted by molar-refractivity contribution is 6.31. The zero-order chi connectivity index (χ0) is 22.7. The highest BCUT2D eigenvalue weighted by Crippen LogP contribution is 2.33. The van der Waals surface area contributed by atoms with Gasteiger partial charge in [0.05, 0.1) is 6.10 Å². The molecule has 1 aliphatic carbocycles. The lowest BCUT2D eigenvalue weighted by atomic mass is 9.82. The number of urea groups is 1. The van der Waals surface area contributed by atoms with E-state index in [1.807, 2.05) is 45.2 Å². The van der Waals surface area contributed by atoms with E-state index in [2.05, 4.69) is 22.3 Å². The lowest BCUT2D eigenvalue weighted by molar-refractivity contribution is 0.0532. The van der Waals surface area contributed by atoms with Crippen molar-refractivity contribution in [3.63, 3.8) is 0 Å². The summed E-state index contributed by atoms with van der Waals surface area (Å²) in [5.41, 5.74) is 4.31. The minimum Gasteiger partial charge on any atom is -0.490 e. The number of rotatable bonds is 7. The topological polar surface area (TPSA) is 44.8 Å². The van der Waals surface area contributed by atoms with Gasteiger partial charge in [-0.25, -0.2) is 4.79 Å². The van der Waals surface area contributed by atoms with Crippen LogP contribution in [0, 0.1) is 19.8 Å². The van der Waals surface area contributed by atoms with E-state index in [4.69, 9.17) is 16.3 Å². The minimum absolute atomic E-state index is 0.0697. The Morgan fingerprint density at radius 1 is 1.12 bits per heavy atom. The van der Waals surface area contributed by atoms with E-state index >= 15 is 0 Å². The lowest BCUT2D eigenvalue weighted by Gasteiger charge is -2.37. The molecule has 4 rings (SSSR count). The molecule has 2 fully saturated rings. The van der Waals surface area contributed by atoms with Gasteiger partial charge in [-0.15, -0.1) is 0 Å². The van der Waals surface area contributed by atoms with Crippen LogP contribution in [0.2, 0.25) is 5.02 Å². The standard InChI is InChI=1S/C26H34ClN3O2/c1-18-10-19(2)12-22(11-18)28-26(31)29(3)16-20-13-24(14-20)32-23-7-6-21(25(27)15-23)17-30-8-4-5-9-30/h6-7,10-12,15,20,24H,4-5,8-9,13-14,16-17H2,1-3H3,(H,28,31). The molecule has 0 aromatic heterocycles. The molecule has 1 N–H and O–H groups in total. The summed E-state index contributed by atoms with van der Waals surface area (Å²) in [7, 11) is 1.85. The van der Waals surface area contributed by atoms with Crippen LogP contribution in [-0.4, -0.2) is 48.6 Å². The van der Waals surface area contributed by atoms with Gasteiger partial charge >= 0.3 is 6.03 Å². The fourth-order valence-electron chi connectivity index (χ4n) is 4.76. The summed E-state index contributed by atoms with van der Waals surface area (Å²) in [6.07, 6.45) is 4.66. The van der Waals surface area contributed by atoms with Crippen molar-refractivity contribution in [2.24, 2.45) is 5.92 Å². The molecule has 5 nitrogen and oxygen atoms in total. The number of carbonyl (C=O) groups is 1. The van der Waals surface area contributed by atoms with Gasteiger partial charge in [-0.3, -0.25) is 4.90 Å². The van der Waals surface area contributed by atoms with Gasteiger partial charge in [-0.1, -0.05) is 23.7 Å². The molecule has 0 unspecified atom stereocenters. The molecule has 0 bridgehead atoms. The largest absolute Gasteiger partial charge is 0.490 e. The van der Waals surface area contributed by atoms with Crippen molar-refractivity contribution in [3.8, 4) is 5.75 Å². The molecule has 172 valence electrons. The molecule has 6 heteroatoms. The molecule has 1 saturated heterocycles. The Hall–Kier alpha value is -2.24. The molecule has 1 saturated carbocycles. The van der Waals surface area contributed by atoms with Crippen LogP contribution in [0.1, 0.15) is 42.4 Å². The number of benzene rings is 2. The number of likely N-dealkylation sites (tertiary alicyclic amines) is 1. The summed E-state index contributed by atoms with van der Waals surface area (Å²) in [6, 6.07) is 12.1. The van der Waals surface area contributed by atoms with Crippen molar-refractivity contribution in [2.75, 3.05) is 32.0 Å². The minimum atomic E-state index is -0.0697. The Labute approximate surface area is 196 Å². The maximum absolute atomic E-state index is 12.5. The number of hydrogen-bond donors (Lipinski definition) is 1. The summed E-state index contributed by atoms with van der Waals surface area (Å²) in [5.74, 6) is 1.30. The molecular weight excluding hydrogens is 422 g/mol. The highest BCUT2D eigenvalue weighted by Gasteiger charge is 2.32. The number of hydrogen-bond acceptors (Lipinski definition) is 3. The molecular formula is C26H34ClN3O2. The third kappa shape index (κ3) is 5.96. The fourth-order valence-corrected chi connectivity index (χ4v) is 4.99. The summed E-state index contributed by atoms with van der Waals surface area (Å²) in [4.78, 5) is 16.8. The second-order valence-corrected chi connectivity index (χ2v) is 9.91. The van der Waals surface area contributed by atoms with E-state index in [1.165, 1.54) is 18.4 Å². The molecule has 0 spiro atoms. The smallest absolute Gasteiger partial charge is 0.321 e. The monoisotopic (exact) mass is 455 g/mol. The van der Waals surface area contributed by atoms with Crippen LogP contribution in [0.4, 0.5) is 10.5 Å². The zero-order valence-electron chi connectivity index (χ0n) is 19.4. The molecule has 2 amide bonds. The van der Waals surface area contributed by atoms with Gasteiger partial charge in [-0.05, 0) is 99.5 Å². The van der Waals surface area contributed by atoms with Gasteiger partial charge in [0.15, 0.2) is 0 Å². The van der Waals surface area contributed by atoms with Crippen molar-refractivity contribution in [2.45, 2.75) is 52.2 Å². The van der Waals surface area contributed by atoms with Crippen LogP contribution < -0.4 is 10.1 Å². The van der Waals surface area contributed by atoms with Crippen molar-refractivity contribution in [1.82, 2.24) is 9.80 Å². The van der Waals surface area contributed by atoms with Gasteiger partial charge < -0.3 is 15.0 Å². The number of nitrogens with zero attached hydrogens (tertiary/aromatic N) is 2. The maximum atomic E-state index is 12.5. The Morgan fingerprint density at radius 2 is 1.81 bits per heavy atom. The number of amides is 2. The Bertz CT molecular complexity index is 932. The Balaban J connectivity index is 1.21. The number of halogens is 1. The average Bonchev–Trinajstić information content (AvgIpc) is 3.20. The molecule has 32 heavy (non-hydrogen) atoms. The van der Waals surface area contributed by atoms with E-state index < -0.39 is 0 Å². The van der Waals surface area contributed by atoms with E-state index in [9.17, 15) is 4.79 Å². The van der Waals surface area contributed by atoms with Crippen molar-refractivity contribution < 1.29 is 9.53 Å². The van der Waals surface area contributed by atoms with E-state index in [-0.39, 0.29) is 12.1 Å². The van der Waals surface area contributed by atoms with Crippen LogP contribution in [0.15, 0.2) is 36.4 Å². The molecule has 2 aromatic rings. The average molecular weight is 456 g/mol. The Kier molecular flexibility index (Phi) is 7.27. The first-order valence-corrected chi connectivity index (χ1v) is 12.0. The lowest BCUT2D eigenvalue weighted by Crippen LogP contribution is -2.43. The van der Waals surface area contributed by atoms with Crippen molar-refractivity contribution in [1.29, 1.82) is 0 Å². The van der Waals surface area contributed by atoms with Crippen LogP contribution in [0.25, 0.3) is 0 Å². The molecule has 0 radical (unpaired) electrons. The second kappa shape index (κ2) is 10.1. The molecule has 1 heterocycles. The van der Waals surface area contributed by atoms with Gasteiger partial charge in [0, 0.05) is 30.8 Å². The summed E-state index contributed by atoms with van der Waals surface area (Å²) in [6.45, 7) is 8.04. The van der Waals surface area contributed by atoms with Crippen LogP contribution in [-0.2, 0) is 6.54 Å². The normalized spacial score (nSPS) is 20.6.